The molecule has 104 valence electrons. The predicted octanol–water partition coefficient (Wildman–Crippen LogP) is 4.19. The summed E-state index contributed by atoms with van der Waals surface area (Å²) in [6.07, 6.45) is 0. The molecular formula is C13H9Cl2NO4. The molecule has 0 fully saturated rings. The lowest BCUT2D eigenvalue weighted by molar-refractivity contribution is -0.385. The van der Waals surface area contributed by atoms with Gasteiger partial charge in [-0.05, 0) is 18.2 Å². The summed E-state index contributed by atoms with van der Waals surface area (Å²) in [5.41, 5.74) is 0.185. The Bertz CT molecular complexity index is 661. The van der Waals surface area contributed by atoms with E-state index in [1.165, 1.54) is 24.3 Å². The third-order valence-electron chi connectivity index (χ3n) is 2.55. The van der Waals surface area contributed by atoms with Gasteiger partial charge in [0.1, 0.15) is 5.75 Å². The molecular weight excluding hydrogens is 305 g/mol. The molecule has 20 heavy (non-hydrogen) atoms. The van der Waals surface area contributed by atoms with Gasteiger partial charge >= 0.3 is 5.69 Å². The number of nitro benzene ring substituents is 1. The molecule has 2 aromatic carbocycles. The van der Waals surface area contributed by atoms with Gasteiger partial charge in [0.25, 0.3) is 0 Å². The van der Waals surface area contributed by atoms with Gasteiger partial charge in [-0.25, -0.2) is 0 Å². The highest BCUT2D eigenvalue weighted by Crippen LogP contribution is 2.39. The van der Waals surface area contributed by atoms with Crippen molar-refractivity contribution in [3.8, 4) is 11.5 Å². The smallest absolute Gasteiger partial charge is 0.313 e. The Balaban J connectivity index is 2.50. The van der Waals surface area contributed by atoms with E-state index in [0.29, 0.717) is 10.6 Å². The highest BCUT2D eigenvalue weighted by atomic mass is 35.5. The first-order valence-electron chi connectivity index (χ1n) is 5.53. The first-order chi connectivity index (χ1) is 9.52. The first-order valence-corrected chi connectivity index (χ1v) is 6.28. The van der Waals surface area contributed by atoms with Gasteiger partial charge in [0.2, 0.25) is 5.75 Å². The summed E-state index contributed by atoms with van der Waals surface area (Å²) in [4.78, 5) is 10.4. The van der Waals surface area contributed by atoms with Crippen molar-refractivity contribution in [1.29, 1.82) is 0 Å². The molecule has 2 rings (SSSR count). The Morgan fingerprint density at radius 2 is 2.00 bits per heavy atom. The van der Waals surface area contributed by atoms with Gasteiger partial charge in [-0.2, -0.15) is 0 Å². The summed E-state index contributed by atoms with van der Waals surface area (Å²) >= 11 is 11.8. The standard InChI is InChI=1S/C13H9Cl2NO4/c14-9-5-4-8(7-17)12(6-9)20-13-10(15)2-1-3-11(13)16(18)19/h1-6,17H,7H2. The van der Waals surface area contributed by atoms with Crippen LogP contribution in [0, 0.1) is 10.1 Å². The van der Waals surface area contributed by atoms with Crippen LogP contribution >= 0.6 is 23.2 Å². The Kier molecular flexibility index (Phi) is 4.44. The topological polar surface area (TPSA) is 72.6 Å². The number of hydrogen-bond donors (Lipinski definition) is 1. The summed E-state index contributed by atoms with van der Waals surface area (Å²) in [5.74, 6) is 0.132. The molecule has 1 N–H and O–H groups in total. The van der Waals surface area contributed by atoms with Gasteiger partial charge in [0.15, 0.2) is 0 Å². The second kappa shape index (κ2) is 6.09. The lowest BCUT2D eigenvalue weighted by atomic mass is 10.2. The maximum absolute atomic E-state index is 11.0. The van der Waals surface area contributed by atoms with E-state index in [0.717, 1.165) is 0 Å². The summed E-state index contributed by atoms with van der Waals surface area (Å²) < 4.78 is 5.49. The number of aliphatic hydroxyl groups excluding tert-OH is 1. The number of aliphatic hydroxyl groups is 1. The van der Waals surface area contributed by atoms with Gasteiger partial charge in [0, 0.05) is 16.7 Å². The van der Waals surface area contributed by atoms with Crippen molar-refractivity contribution in [2.75, 3.05) is 0 Å². The van der Waals surface area contributed by atoms with Crippen LogP contribution in [-0.2, 0) is 6.61 Å². The SMILES string of the molecule is O=[N+]([O-])c1cccc(Cl)c1Oc1cc(Cl)ccc1CO. The summed E-state index contributed by atoms with van der Waals surface area (Å²) in [5, 5.41) is 20.7. The summed E-state index contributed by atoms with van der Waals surface area (Å²) in [7, 11) is 0. The minimum absolute atomic E-state index is 0.0869. The zero-order valence-electron chi connectivity index (χ0n) is 10.0. The quantitative estimate of drug-likeness (QED) is 0.678. The number of benzene rings is 2. The number of nitrogens with zero attached hydrogens (tertiary/aromatic N) is 1. The van der Waals surface area contributed by atoms with Crippen LogP contribution in [0.5, 0.6) is 11.5 Å². The van der Waals surface area contributed by atoms with Crippen LogP contribution in [0.25, 0.3) is 0 Å². The number of rotatable bonds is 4. The van der Waals surface area contributed by atoms with Crippen LogP contribution in [-0.4, -0.2) is 10.0 Å². The summed E-state index contributed by atoms with van der Waals surface area (Å²) in [6, 6.07) is 8.83. The van der Waals surface area contributed by atoms with Gasteiger partial charge in [-0.1, -0.05) is 35.3 Å². The van der Waals surface area contributed by atoms with Crippen molar-refractivity contribution in [2.24, 2.45) is 0 Å². The van der Waals surface area contributed by atoms with Crippen molar-refractivity contribution in [2.45, 2.75) is 6.61 Å². The number of para-hydroxylation sites is 1. The predicted molar refractivity (Wildman–Crippen MR) is 75.6 cm³/mol. The largest absolute Gasteiger partial charge is 0.448 e. The minimum Gasteiger partial charge on any atom is -0.448 e. The molecule has 0 saturated heterocycles. The Morgan fingerprint density at radius 3 is 2.65 bits per heavy atom. The molecule has 7 heteroatoms. The first kappa shape index (κ1) is 14.6. The molecule has 0 atom stereocenters. The van der Waals surface area contributed by atoms with E-state index < -0.39 is 4.92 Å². The molecule has 0 heterocycles. The van der Waals surface area contributed by atoms with Gasteiger partial charge < -0.3 is 9.84 Å². The van der Waals surface area contributed by atoms with Gasteiger partial charge in [0.05, 0.1) is 16.6 Å². The van der Waals surface area contributed by atoms with E-state index in [-0.39, 0.29) is 28.8 Å². The molecule has 2 aromatic rings. The maximum atomic E-state index is 11.0. The number of halogens is 2. The molecule has 0 aliphatic carbocycles. The monoisotopic (exact) mass is 313 g/mol. The van der Waals surface area contributed by atoms with Crippen molar-refractivity contribution in [3.05, 3.63) is 62.1 Å². The minimum atomic E-state index is -0.593. The lowest BCUT2D eigenvalue weighted by Crippen LogP contribution is -1.96. The summed E-state index contributed by atoms with van der Waals surface area (Å²) in [6.45, 7) is -0.287. The average Bonchev–Trinajstić information content (AvgIpc) is 2.41. The van der Waals surface area contributed by atoms with Crippen LogP contribution in [0.4, 0.5) is 5.69 Å². The van der Waals surface area contributed by atoms with Crippen molar-refractivity contribution >= 4 is 28.9 Å². The number of hydrogen-bond acceptors (Lipinski definition) is 4. The maximum Gasteiger partial charge on any atom is 0.313 e. The molecule has 0 radical (unpaired) electrons. The molecule has 0 bridgehead atoms. The third-order valence-corrected chi connectivity index (χ3v) is 3.09. The molecule has 0 amide bonds. The zero-order chi connectivity index (χ0) is 14.7. The Morgan fingerprint density at radius 1 is 1.25 bits per heavy atom. The molecule has 0 saturated carbocycles. The van der Waals surface area contributed by atoms with E-state index >= 15 is 0 Å². The lowest BCUT2D eigenvalue weighted by Gasteiger charge is -2.11. The van der Waals surface area contributed by atoms with Crippen LogP contribution in [0.2, 0.25) is 10.0 Å². The van der Waals surface area contributed by atoms with E-state index in [9.17, 15) is 15.2 Å². The number of ether oxygens (including phenoxy) is 1. The van der Waals surface area contributed by atoms with Crippen molar-refractivity contribution in [3.63, 3.8) is 0 Å². The van der Waals surface area contributed by atoms with E-state index in [2.05, 4.69) is 0 Å². The van der Waals surface area contributed by atoms with E-state index in [4.69, 9.17) is 27.9 Å². The van der Waals surface area contributed by atoms with E-state index in [1.807, 2.05) is 0 Å². The van der Waals surface area contributed by atoms with Gasteiger partial charge in [-0.3, -0.25) is 10.1 Å². The fourth-order valence-electron chi connectivity index (χ4n) is 1.61. The van der Waals surface area contributed by atoms with Crippen LogP contribution in [0.1, 0.15) is 5.56 Å². The molecule has 0 aliphatic heterocycles. The van der Waals surface area contributed by atoms with Gasteiger partial charge in [-0.15, -0.1) is 0 Å². The average molecular weight is 314 g/mol. The zero-order valence-corrected chi connectivity index (χ0v) is 11.6. The van der Waals surface area contributed by atoms with E-state index in [1.54, 1.807) is 12.1 Å². The highest BCUT2D eigenvalue weighted by molar-refractivity contribution is 6.32. The van der Waals surface area contributed by atoms with Crippen molar-refractivity contribution in [1.82, 2.24) is 0 Å². The fourth-order valence-corrected chi connectivity index (χ4v) is 1.98. The second-order valence-corrected chi connectivity index (χ2v) is 4.70. The molecule has 0 unspecified atom stereocenters. The molecule has 0 spiro atoms. The van der Waals surface area contributed by atoms with Crippen LogP contribution < -0.4 is 4.74 Å². The Labute approximate surface area is 124 Å². The normalized spacial score (nSPS) is 10.3. The van der Waals surface area contributed by atoms with Crippen LogP contribution in [0.15, 0.2) is 36.4 Å². The molecule has 5 nitrogen and oxygen atoms in total. The molecule has 0 aromatic heterocycles. The third kappa shape index (κ3) is 3.01. The fraction of sp³-hybridized carbons (Fsp3) is 0.0769. The molecule has 0 aliphatic rings. The number of nitro groups is 1. The van der Waals surface area contributed by atoms with Crippen LogP contribution in [0.3, 0.4) is 0 Å². The Hall–Kier alpha value is -1.82. The second-order valence-electron chi connectivity index (χ2n) is 3.86. The van der Waals surface area contributed by atoms with Crippen molar-refractivity contribution < 1.29 is 14.8 Å². The highest BCUT2D eigenvalue weighted by Gasteiger charge is 2.20.